The van der Waals surface area contributed by atoms with Crippen molar-refractivity contribution in [1.82, 2.24) is 14.9 Å². The molecule has 1 fully saturated rings. The second kappa shape index (κ2) is 9.30. The van der Waals surface area contributed by atoms with Crippen LogP contribution in [0.25, 0.3) is 10.9 Å². The number of piperidine rings is 1. The van der Waals surface area contributed by atoms with E-state index in [9.17, 15) is 0 Å². The van der Waals surface area contributed by atoms with E-state index in [1.165, 1.54) is 12.8 Å². The van der Waals surface area contributed by atoms with Crippen molar-refractivity contribution in [3.05, 3.63) is 54.4 Å². The van der Waals surface area contributed by atoms with Gasteiger partial charge in [-0.15, -0.1) is 0 Å². The molecule has 0 saturated carbocycles. The summed E-state index contributed by atoms with van der Waals surface area (Å²) >= 11 is 0. The zero-order valence-electron chi connectivity index (χ0n) is 18.0. The van der Waals surface area contributed by atoms with Gasteiger partial charge in [-0.2, -0.15) is 0 Å². The Bertz CT molecular complexity index is 992. The van der Waals surface area contributed by atoms with Crippen LogP contribution in [0.15, 0.2) is 48.5 Å². The molecule has 2 heterocycles. The van der Waals surface area contributed by atoms with Crippen LogP contribution in [0.3, 0.4) is 0 Å². The number of rotatable bonds is 7. The summed E-state index contributed by atoms with van der Waals surface area (Å²) in [6.45, 7) is 3.55. The van der Waals surface area contributed by atoms with Crippen LogP contribution in [0.2, 0.25) is 0 Å². The third-order valence-electron chi connectivity index (χ3n) is 5.55. The van der Waals surface area contributed by atoms with E-state index in [0.717, 1.165) is 53.7 Å². The zero-order valence-corrected chi connectivity index (χ0v) is 18.0. The van der Waals surface area contributed by atoms with Gasteiger partial charge in [0, 0.05) is 38.0 Å². The van der Waals surface area contributed by atoms with Gasteiger partial charge in [-0.05, 0) is 43.7 Å². The molecular formula is C24H30N4O2. The van der Waals surface area contributed by atoms with E-state index >= 15 is 0 Å². The molecule has 0 N–H and O–H groups in total. The molecule has 1 aliphatic heterocycles. The number of fused-ring (bicyclic) bond motifs is 1. The molecule has 0 aliphatic carbocycles. The normalized spacial score (nSPS) is 17.1. The van der Waals surface area contributed by atoms with Crippen molar-refractivity contribution >= 4 is 16.7 Å². The van der Waals surface area contributed by atoms with Crippen LogP contribution in [0.1, 0.15) is 18.7 Å². The summed E-state index contributed by atoms with van der Waals surface area (Å²) in [5.41, 5.74) is 1.00. The fourth-order valence-electron chi connectivity index (χ4n) is 4.05. The summed E-state index contributed by atoms with van der Waals surface area (Å²) in [5.74, 6) is 4.04. The number of ether oxygens (including phenoxy) is 2. The minimum atomic E-state index is 0.499. The molecule has 6 heteroatoms. The van der Waals surface area contributed by atoms with Crippen LogP contribution >= 0.6 is 0 Å². The van der Waals surface area contributed by atoms with E-state index < -0.39 is 0 Å². The standard InChI is InChI=1S/C24H30N4O2/c1-27(2)24-21-11-4-5-12-22(21)25-23(26-24)16-28-13-7-8-18(15-28)17-30-20-10-6-9-19(14-20)29-3/h4-6,9-12,14,18H,7-8,13,15-17H2,1-3H3. The molecule has 30 heavy (non-hydrogen) atoms. The highest BCUT2D eigenvalue weighted by molar-refractivity contribution is 5.89. The van der Waals surface area contributed by atoms with E-state index in [1.807, 2.05) is 50.5 Å². The van der Waals surface area contributed by atoms with Gasteiger partial charge in [-0.25, -0.2) is 9.97 Å². The Morgan fingerprint density at radius 1 is 1.07 bits per heavy atom. The summed E-state index contributed by atoms with van der Waals surface area (Å²) in [4.78, 5) is 14.2. The van der Waals surface area contributed by atoms with Crippen molar-refractivity contribution in [3.63, 3.8) is 0 Å². The Morgan fingerprint density at radius 2 is 1.90 bits per heavy atom. The molecule has 1 saturated heterocycles. The summed E-state index contributed by atoms with van der Waals surface area (Å²) < 4.78 is 11.3. The van der Waals surface area contributed by atoms with E-state index in [0.29, 0.717) is 12.5 Å². The van der Waals surface area contributed by atoms with Crippen LogP contribution < -0.4 is 14.4 Å². The van der Waals surface area contributed by atoms with Crippen molar-refractivity contribution < 1.29 is 9.47 Å². The molecule has 1 aliphatic rings. The van der Waals surface area contributed by atoms with Crippen LogP contribution in [-0.4, -0.2) is 55.8 Å². The fraction of sp³-hybridized carbons (Fsp3) is 0.417. The summed E-state index contributed by atoms with van der Waals surface area (Å²) in [6.07, 6.45) is 2.35. The SMILES string of the molecule is COc1cccc(OCC2CCCN(Cc3nc(N(C)C)c4ccccc4n3)C2)c1. The second-order valence-electron chi connectivity index (χ2n) is 8.11. The first-order chi connectivity index (χ1) is 14.6. The highest BCUT2D eigenvalue weighted by Crippen LogP contribution is 2.25. The third-order valence-corrected chi connectivity index (χ3v) is 5.55. The number of hydrogen-bond acceptors (Lipinski definition) is 6. The minimum absolute atomic E-state index is 0.499. The predicted octanol–water partition coefficient (Wildman–Crippen LogP) is 4.00. The number of aromatic nitrogens is 2. The lowest BCUT2D eigenvalue weighted by Gasteiger charge is -2.32. The average molecular weight is 407 g/mol. The Kier molecular flexibility index (Phi) is 6.33. The molecule has 0 amide bonds. The zero-order chi connectivity index (χ0) is 20.9. The lowest BCUT2D eigenvalue weighted by Crippen LogP contribution is -2.37. The van der Waals surface area contributed by atoms with Crippen molar-refractivity contribution in [3.8, 4) is 11.5 Å². The molecule has 2 aromatic carbocycles. The highest BCUT2D eigenvalue weighted by Gasteiger charge is 2.22. The maximum atomic E-state index is 6.05. The number of para-hydroxylation sites is 1. The Labute approximate surface area is 178 Å². The van der Waals surface area contributed by atoms with Crippen LogP contribution in [0, 0.1) is 5.92 Å². The molecule has 158 valence electrons. The van der Waals surface area contributed by atoms with Gasteiger partial charge in [0.2, 0.25) is 0 Å². The van der Waals surface area contributed by atoms with Gasteiger partial charge >= 0.3 is 0 Å². The number of anilines is 1. The quantitative estimate of drug-likeness (QED) is 0.591. The molecule has 0 radical (unpaired) electrons. The second-order valence-corrected chi connectivity index (χ2v) is 8.11. The number of methoxy groups -OCH3 is 1. The first-order valence-electron chi connectivity index (χ1n) is 10.5. The molecule has 1 aromatic heterocycles. The smallest absolute Gasteiger partial charge is 0.145 e. The van der Waals surface area contributed by atoms with Gasteiger partial charge in [0.25, 0.3) is 0 Å². The number of benzene rings is 2. The van der Waals surface area contributed by atoms with Gasteiger partial charge in [-0.1, -0.05) is 18.2 Å². The van der Waals surface area contributed by atoms with E-state index in [4.69, 9.17) is 19.4 Å². The van der Waals surface area contributed by atoms with Gasteiger partial charge in [-0.3, -0.25) is 4.90 Å². The van der Waals surface area contributed by atoms with Gasteiger partial charge < -0.3 is 14.4 Å². The average Bonchev–Trinajstić information content (AvgIpc) is 2.77. The minimum Gasteiger partial charge on any atom is -0.497 e. The number of nitrogens with zero attached hydrogens (tertiary/aromatic N) is 4. The molecule has 0 spiro atoms. The maximum absolute atomic E-state index is 6.05. The van der Waals surface area contributed by atoms with Gasteiger partial charge in [0.05, 0.1) is 25.8 Å². The Morgan fingerprint density at radius 3 is 2.73 bits per heavy atom. The molecular weight excluding hydrogens is 376 g/mol. The first kappa shape index (κ1) is 20.4. The first-order valence-corrected chi connectivity index (χ1v) is 10.5. The Balaban J connectivity index is 1.41. The summed E-state index contributed by atoms with van der Waals surface area (Å²) in [7, 11) is 5.74. The molecule has 0 bridgehead atoms. The number of hydrogen-bond donors (Lipinski definition) is 0. The van der Waals surface area contributed by atoms with Crippen molar-refractivity contribution in [1.29, 1.82) is 0 Å². The van der Waals surface area contributed by atoms with Gasteiger partial charge in [0.1, 0.15) is 23.1 Å². The van der Waals surface area contributed by atoms with Crippen LogP contribution in [0.5, 0.6) is 11.5 Å². The molecule has 4 rings (SSSR count). The summed E-state index contributed by atoms with van der Waals surface area (Å²) in [6, 6.07) is 16.0. The fourth-order valence-corrected chi connectivity index (χ4v) is 4.05. The van der Waals surface area contributed by atoms with Gasteiger partial charge in [0.15, 0.2) is 0 Å². The lowest BCUT2D eigenvalue weighted by molar-refractivity contribution is 0.123. The van der Waals surface area contributed by atoms with Crippen molar-refractivity contribution in [2.45, 2.75) is 19.4 Å². The molecule has 1 unspecified atom stereocenters. The third kappa shape index (κ3) is 4.82. The largest absolute Gasteiger partial charge is 0.497 e. The molecule has 1 atom stereocenters. The topological polar surface area (TPSA) is 50.7 Å². The van der Waals surface area contributed by atoms with Crippen molar-refractivity contribution in [2.75, 3.05) is 45.8 Å². The number of likely N-dealkylation sites (tertiary alicyclic amines) is 1. The highest BCUT2D eigenvalue weighted by atomic mass is 16.5. The van der Waals surface area contributed by atoms with E-state index in [1.54, 1.807) is 7.11 Å². The van der Waals surface area contributed by atoms with E-state index in [2.05, 4.69) is 21.9 Å². The van der Waals surface area contributed by atoms with E-state index in [-0.39, 0.29) is 0 Å². The summed E-state index contributed by atoms with van der Waals surface area (Å²) in [5, 5.41) is 1.09. The monoisotopic (exact) mass is 406 g/mol. The van der Waals surface area contributed by atoms with Crippen molar-refractivity contribution in [2.24, 2.45) is 5.92 Å². The Hall–Kier alpha value is -2.86. The van der Waals surface area contributed by atoms with Crippen LogP contribution in [-0.2, 0) is 6.54 Å². The predicted molar refractivity (Wildman–Crippen MR) is 120 cm³/mol. The maximum Gasteiger partial charge on any atom is 0.145 e. The van der Waals surface area contributed by atoms with Crippen LogP contribution in [0.4, 0.5) is 5.82 Å². The molecule has 3 aromatic rings. The molecule has 6 nitrogen and oxygen atoms in total. The lowest BCUT2D eigenvalue weighted by atomic mass is 9.99.